The van der Waals surface area contributed by atoms with E-state index in [0.717, 1.165) is 5.69 Å². The summed E-state index contributed by atoms with van der Waals surface area (Å²) in [5.41, 5.74) is 2.14. The molecule has 3 rings (SSSR count). The lowest BCUT2D eigenvalue weighted by Gasteiger charge is -2.26. The molecule has 2 aromatic rings. The molecule has 0 amide bonds. The zero-order chi connectivity index (χ0) is 15.0. The average Bonchev–Trinajstić information content (AvgIpc) is 2.85. The lowest BCUT2D eigenvalue weighted by atomic mass is 9.92. The van der Waals surface area contributed by atoms with E-state index in [1.807, 2.05) is 63.3 Å². The topological polar surface area (TPSA) is 44.1 Å². The van der Waals surface area contributed by atoms with Crippen molar-refractivity contribution in [1.29, 1.82) is 0 Å². The average molecular weight is 282 g/mol. The van der Waals surface area contributed by atoms with E-state index in [2.05, 4.69) is 5.10 Å². The van der Waals surface area contributed by atoms with Gasteiger partial charge in [0.1, 0.15) is 17.4 Å². The Labute approximate surface area is 124 Å². The first-order valence-electron chi connectivity index (χ1n) is 7.15. The molecule has 0 unspecified atom stereocenters. The standard InChI is InChI=1S/C17H18N2O2/c1-4-8-14-15-16(20)11(2)12(3)21-17(15)19(18-14)13-9-6-5-7-10-13/h4-12H,1-3H3/b8-4+/t11-,12+/m0/s1. The molecule has 0 saturated carbocycles. The molecule has 0 saturated heterocycles. The van der Waals surface area contributed by atoms with Crippen LogP contribution in [0.25, 0.3) is 11.8 Å². The van der Waals surface area contributed by atoms with Crippen molar-refractivity contribution in [1.82, 2.24) is 9.78 Å². The molecule has 2 atom stereocenters. The van der Waals surface area contributed by atoms with Gasteiger partial charge >= 0.3 is 0 Å². The fraction of sp³-hybridized carbons (Fsp3) is 0.294. The summed E-state index contributed by atoms with van der Waals surface area (Å²) in [7, 11) is 0. The Morgan fingerprint density at radius 3 is 2.62 bits per heavy atom. The van der Waals surface area contributed by atoms with E-state index < -0.39 is 0 Å². The van der Waals surface area contributed by atoms with E-state index in [1.54, 1.807) is 4.68 Å². The van der Waals surface area contributed by atoms with E-state index in [0.29, 0.717) is 17.1 Å². The third-order valence-corrected chi connectivity index (χ3v) is 3.86. The molecule has 0 bridgehead atoms. The quantitative estimate of drug-likeness (QED) is 0.846. The molecule has 21 heavy (non-hydrogen) atoms. The first-order valence-corrected chi connectivity index (χ1v) is 7.15. The van der Waals surface area contributed by atoms with Crippen LogP contribution in [0, 0.1) is 5.92 Å². The van der Waals surface area contributed by atoms with Gasteiger partial charge in [0.15, 0.2) is 5.78 Å². The summed E-state index contributed by atoms with van der Waals surface area (Å²) in [6.07, 6.45) is 3.58. The number of aromatic nitrogens is 2. The van der Waals surface area contributed by atoms with Gasteiger partial charge in [-0.3, -0.25) is 4.79 Å². The number of allylic oxidation sites excluding steroid dienone is 1. The zero-order valence-electron chi connectivity index (χ0n) is 12.4. The zero-order valence-corrected chi connectivity index (χ0v) is 12.4. The second-order valence-electron chi connectivity index (χ2n) is 5.29. The number of nitrogens with zero attached hydrogens (tertiary/aromatic N) is 2. The maximum atomic E-state index is 12.6. The van der Waals surface area contributed by atoms with Gasteiger partial charge in [-0.15, -0.1) is 0 Å². The molecule has 0 aliphatic carbocycles. The Hall–Kier alpha value is -2.36. The number of hydrogen-bond donors (Lipinski definition) is 0. The Morgan fingerprint density at radius 2 is 1.95 bits per heavy atom. The lowest BCUT2D eigenvalue weighted by Crippen LogP contribution is -2.34. The Morgan fingerprint density at radius 1 is 1.24 bits per heavy atom. The number of rotatable bonds is 2. The van der Waals surface area contributed by atoms with Crippen LogP contribution in [-0.4, -0.2) is 21.7 Å². The first-order chi connectivity index (χ1) is 10.1. The van der Waals surface area contributed by atoms with Crippen molar-refractivity contribution in [2.75, 3.05) is 0 Å². The summed E-state index contributed by atoms with van der Waals surface area (Å²) in [4.78, 5) is 12.6. The SMILES string of the molecule is C/C=C/c1nn(-c2ccccc2)c2c1C(=O)[C@@H](C)[C@@H](C)O2. The highest BCUT2D eigenvalue weighted by molar-refractivity contribution is 6.03. The second kappa shape index (κ2) is 5.20. The summed E-state index contributed by atoms with van der Waals surface area (Å²) in [5.74, 6) is 0.485. The highest BCUT2D eigenvalue weighted by atomic mass is 16.5. The van der Waals surface area contributed by atoms with E-state index in [-0.39, 0.29) is 17.8 Å². The number of benzene rings is 1. The van der Waals surface area contributed by atoms with Gasteiger partial charge in [-0.1, -0.05) is 31.2 Å². The molecule has 0 spiro atoms. The number of hydrogen-bond acceptors (Lipinski definition) is 3. The fourth-order valence-corrected chi connectivity index (χ4v) is 2.50. The normalized spacial score (nSPS) is 21.4. The third kappa shape index (κ3) is 2.17. The van der Waals surface area contributed by atoms with Crippen LogP contribution < -0.4 is 4.74 Å². The number of Topliss-reactive ketones (excluding diaryl/α,β-unsaturated/α-hetero) is 1. The van der Waals surface area contributed by atoms with Gasteiger partial charge < -0.3 is 4.74 Å². The number of ketones is 1. The maximum absolute atomic E-state index is 12.6. The predicted molar refractivity (Wildman–Crippen MR) is 81.9 cm³/mol. The molecule has 4 nitrogen and oxygen atoms in total. The van der Waals surface area contributed by atoms with Crippen molar-refractivity contribution in [3.63, 3.8) is 0 Å². The lowest BCUT2D eigenvalue weighted by molar-refractivity contribution is 0.0713. The van der Waals surface area contributed by atoms with Gasteiger partial charge in [0.05, 0.1) is 11.6 Å². The number of fused-ring (bicyclic) bond motifs is 1. The van der Waals surface area contributed by atoms with Crippen LogP contribution in [0.15, 0.2) is 36.4 Å². The van der Waals surface area contributed by atoms with Gasteiger partial charge in [-0.25, -0.2) is 0 Å². The molecule has 1 aromatic carbocycles. The van der Waals surface area contributed by atoms with E-state index >= 15 is 0 Å². The molecule has 2 heterocycles. The number of ether oxygens (including phenoxy) is 1. The number of carbonyl (C=O) groups excluding carboxylic acids is 1. The summed E-state index contributed by atoms with van der Waals surface area (Å²) in [6.45, 7) is 5.73. The summed E-state index contributed by atoms with van der Waals surface area (Å²) in [6, 6.07) is 9.72. The van der Waals surface area contributed by atoms with Gasteiger partial charge in [-0.2, -0.15) is 9.78 Å². The molecule has 0 radical (unpaired) electrons. The van der Waals surface area contributed by atoms with Crippen LogP contribution >= 0.6 is 0 Å². The van der Waals surface area contributed by atoms with E-state index in [9.17, 15) is 4.79 Å². The van der Waals surface area contributed by atoms with Crippen molar-refractivity contribution in [3.8, 4) is 11.6 Å². The van der Waals surface area contributed by atoms with Crippen LogP contribution in [0.1, 0.15) is 36.8 Å². The largest absolute Gasteiger partial charge is 0.473 e. The minimum absolute atomic E-state index is 0.0963. The third-order valence-electron chi connectivity index (χ3n) is 3.86. The molecule has 1 aromatic heterocycles. The van der Waals surface area contributed by atoms with Crippen LogP contribution in [-0.2, 0) is 0 Å². The minimum Gasteiger partial charge on any atom is -0.473 e. The highest BCUT2D eigenvalue weighted by Gasteiger charge is 2.36. The molecule has 108 valence electrons. The van der Waals surface area contributed by atoms with Crippen LogP contribution in [0.3, 0.4) is 0 Å². The smallest absolute Gasteiger partial charge is 0.228 e. The monoisotopic (exact) mass is 282 g/mol. The van der Waals surface area contributed by atoms with Crippen molar-refractivity contribution < 1.29 is 9.53 Å². The highest BCUT2D eigenvalue weighted by Crippen LogP contribution is 2.35. The van der Waals surface area contributed by atoms with Crippen molar-refractivity contribution in [3.05, 3.63) is 47.7 Å². The molecule has 1 aliphatic rings. The predicted octanol–water partition coefficient (Wildman–Crippen LogP) is 3.51. The Balaban J connectivity index is 2.23. The molecular weight excluding hydrogens is 264 g/mol. The van der Waals surface area contributed by atoms with Gasteiger partial charge in [0, 0.05) is 0 Å². The van der Waals surface area contributed by atoms with Crippen LogP contribution in [0.2, 0.25) is 0 Å². The summed E-state index contributed by atoms with van der Waals surface area (Å²) >= 11 is 0. The van der Waals surface area contributed by atoms with Gasteiger partial charge in [-0.05, 0) is 32.1 Å². The molecule has 0 N–H and O–H groups in total. The summed E-state index contributed by atoms with van der Waals surface area (Å²) < 4.78 is 7.69. The van der Waals surface area contributed by atoms with Crippen molar-refractivity contribution in [2.24, 2.45) is 5.92 Å². The Bertz CT molecular complexity index is 701. The molecule has 1 aliphatic heterocycles. The molecule has 0 fully saturated rings. The maximum Gasteiger partial charge on any atom is 0.228 e. The summed E-state index contributed by atoms with van der Waals surface area (Å²) in [5, 5.41) is 4.56. The van der Waals surface area contributed by atoms with E-state index in [1.165, 1.54) is 0 Å². The van der Waals surface area contributed by atoms with Crippen molar-refractivity contribution in [2.45, 2.75) is 26.9 Å². The number of carbonyl (C=O) groups is 1. The minimum atomic E-state index is -0.157. The van der Waals surface area contributed by atoms with Crippen molar-refractivity contribution >= 4 is 11.9 Å². The molecule has 4 heteroatoms. The molecular formula is C17H18N2O2. The Kier molecular flexibility index (Phi) is 3.37. The number of para-hydroxylation sites is 1. The van der Waals surface area contributed by atoms with Gasteiger partial charge in [0.2, 0.25) is 5.88 Å². The second-order valence-corrected chi connectivity index (χ2v) is 5.29. The van der Waals surface area contributed by atoms with Crippen LogP contribution in [0.4, 0.5) is 0 Å². The van der Waals surface area contributed by atoms with Crippen LogP contribution in [0.5, 0.6) is 5.88 Å². The van der Waals surface area contributed by atoms with Gasteiger partial charge in [0.25, 0.3) is 0 Å². The van der Waals surface area contributed by atoms with E-state index in [4.69, 9.17) is 4.74 Å². The first kappa shape index (κ1) is 13.6. The fourth-order valence-electron chi connectivity index (χ4n) is 2.50.